The summed E-state index contributed by atoms with van der Waals surface area (Å²) in [5.41, 5.74) is 0.854. The van der Waals surface area contributed by atoms with Gasteiger partial charge in [0, 0.05) is 12.6 Å². The Morgan fingerprint density at radius 1 is 1.06 bits per heavy atom. The van der Waals surface area contributed by atoms with Gasteiger partial charge in [0.25, 0.3) is 5.91 Å². The molecule has 3 rings (SSSR count). The van der Waals surface area contributed by atoms with Gasteiger partial charge in [0.15, 0.2) is 6.10 Å². The van der Waals surface area contributed by atoms with E-state index < -0.39 is 30.2 Å². The van der Waals surface area contributed by atoms with Gasteiger partial charge in [-0.2, -0.15) is 0 Å². The molecule has 0 bridgehead atoms. The van der Waals surface area contributed by atoms with E-state index in [9.17, 15) is 19.5 Å². The summed E-state index contributed by atoms with van der Waals surface area (Å²) in [4.78, 5) is 39.9. The molecule has 2 fully saturated rings. The van der Waals surface area contributed by atoms with Crippen molar-refractivity contribution in [2.75, 3.05) is 6.54 Å². The molecule has 1 saturated heterocycles. The molecule has 3 amide bonds. The van der Waals surface area contributed by atoms with Crippen molar-refractivity contribution >= 4 is 17.9 Å². The number of aliphatic hydroxyl groups excluding tert-OH is 1. The van der Waals surface area contributed by atoms with Crippen LogP contribution in [0.3, 0.4) is 0 Å². The van der Waals surface area contributed by atoms with Gasteiger partial charge in [0.1, 0.15) is 12.6 Å². The van der Waals surface area contributed by atoms with E-state index in [0.717, 1.165) is 31.2 Å². The zero-order valence-corrected chi connectivity index (χ0v) is 19.7. The Kier molecular flexibility index (Phi) is 9.11. The van der Waals surface area contributed by atoms with Crippen LogP contribution in [0.15, 0.2) is 30.3 Å². The summed E-state index contributed by atoms with van der Waals surface area (Å²) in [6.45, 7) is 4.24. The van der Waals surface area contributed by atoms with Crippen LogP contribution in [0.2, 0.25) is 0 Å². The number of hydrogen-bond donors (Lipinski definition) is 3. The number of nitrogens with zero attached hydrogens (tertiary/aromatic N) is 1. The highest BCUT2D eigenvalue weighted by Gasteiger charge is 2.41. The Hall–Kier alpha value is -2.61. The predicted molar refractivity (Wildman–Crippen MR) is 124 cm³/mol. The Balaban J connectivity index is 1.58. The van der Waals surface area contributed by atoms with E-state index >= 15 is 0 Å². The standard InChI is InChI=1S/C25H37N3O5/c1-17(2)21(27-25(32)33-16-18-10-5-3-6-11-18)24(31)28-15-9-14-20(28)22(29)23(30)26-19-12-7-4-8-13-19/h3,5-6,10-11,17,19-22,29H,4,7-9,12-16H2,1-2H3,(H,26,30)(H,27,32)/t20-,21-,22?/m0/s1. The van der Waals surface area contributed by atoms with Gasteiger partial charge in [-0.3, -0.25) is 9.59 Å². The third kappa shape index (κ3) is 6.93. The molecule has 0 aromatic heterocycles. The molecule has 1 saturated carbocycles. The number of carbonyl (C=O) groups is 3. The zero-order valence-electron chi connectivity index (χ0n) is 19.7. The number of rotatable bonds is 8. The fourth-order valence-electron chi connectivity index (χ4n) is 4.69. The summed E-state index contributed by atoms with van der Waals surface area (Å²) < 4.78 is 5.28. The molecular weight excluding hydrogens is 422 g/mol. The van der Waals surface area contributed by atoms with Gasteiger partial charge >= 0.3 is 6.09 Å². The maximum atomic E-state index is 13.3. The van der Waals surface area contributed by atoms with Crippen molar-refractivity contribution in [3.8, 4) is 0 Å². The van der Waals surface area contributed by atoms with Crippen LogP contribution < -0.4 is 10.6 Å². The maximum absolute atomic E-state index is 13.3. The summed E-state index contributed by atoms with van der Waals surface area (Å²) in [7, 11) is 0. The second kappa shape index (κ2) is 12.0. The molecular formula is C25H37N3O5. The average molecular weight is 460 g/mol. The molecule has 182 valence electrons. The third-order valence-electron chi connectivity index (χ3n) is 6.59. The minimum absolute atomic E-state index is 0.0934. The molecule has 1 aromatic carbocycles. The average Bonchev–Trinajstić information content (AvgIpc) is 3.31. The molecule has 2 aliphatic rings. The molecule has 0 spiro atoms. The smallest absolute Gasteiger partial charge is 0.408 e. The number of ether oxygens (including phenoxy) is 1. The van der Waals surface area contributed by atoms with Crippen LogP contribution in [0, 0.1) is 5.92 Å². The van der Waals surface area contributed by atoms with Gasteiger partial charge in [-0.1, -0.05) is 63.4 Å². The Bertz CT molecular complexity index is 794. The van der Waals surface area contributed by atoms with Crippen LogP contribution in [0.5, 0.6) is 0 Å². The predicted octanol–water partition coefficient (Wildman–Crippen LogP) is 2.74. The molecule has 0 radical (unpaired) electrons. The molecule has 8 heteroatoms. The van der Waals surface area contributed by atoms with Crippen LogP contribution in [-0.4, -0.2) is 58.7 Å². The number of alkyl carbamates (subject to hydrolysis) is 1. The molecule has 3 N–H and O–H groups in total. The van der Waals surface area contributed by atoms with Crippen molar-refractivity contribution in [1.82, 2.24) is 15.5 Å². The van der Waals surface area contributed by atoms with E-state index in [1.54, 1.807) is 4.90 Å². The molecule has 8 nitrogen and oxygen atoms in total. The van der Waals surface area contributed by atoms with Crippen LogP contribution in [-0.2, 0) is 20.9 Å². The second-order valence-corrected chi connectivity index (χ2v) is 9.46. The monoisotopic (exact) mass is 459 g/mol. The molecule has 1 aliphatic heterocycles. The first-order chi connectivity index (χ1) is 15.9. The largest absolute Gasteiger partial charge is 0.445 e. The van der Waals surface area contributed by atoms with Gasteiger partial charge in [-0.25, -0.2) is 4.79 Å². The van der Waals surface area contributed by atoms with E-state index in [1.165, 1.54) is 6.42 Å². The van der Waals surface area contributed by atoms with E-state index in [2.05, 4.69) is 10.6 Å². The fourth-order valence-corrected chi connectivity index (χ4v) is 4.69. The minimum Gasteiger partial charge on any atom is -0.445 e. The lowest BCUT2D eigenvalue weighted by molar-refractivity contribution is -0.141. The zero-order chi connectivity index (χ0) is 23.8. The normalized spacial score (nSPS) is 20.8. The van der Waals surface area contributed by atoms with Gasteiger partial charge in [-0.15, -0.1) is 0 Å². The van der Waals surface area contributed by atoms with Gasteiger partial charge in [0.2, 0.25) is 5.91 Å². The number of benzene rings is 1. The quantitative estimate of drug-likeness (QED) is 0.554. The molecule has 3 atom stereocenters. The van der Waals surface area contributed by atoms with Crippen LogP contribution in [0.1, 0.15) is 64.4 Å². The summed E-state index contributed by atoms with van der Waals surface area (Å²) in [6, 6.07) is 8.01. The number of nitrogens with one attached hydrogen (secondary N) is 2. The van der Waals surface area contributed by atoms with Crippen molar-refractivity contribution in [1.29, 1.82) is 0 Å². The Morgan fingerprint density at radius 2 is 1.76 bits per heavy atom. The lowest BCUT2D eigenvalue weighted by atomic mass is 9.95. The van der Waals surface area contributed by atoms with E-state index in [-0.39, 0.29) is 24.5 Å². The molecule has 33 heavy (non-hydrogen) atoms. The first-order valence-corrected chi connectivity index (χ1v) is 12.1. The number of aliphatic hydroxyl groups is 1. The summed E-state index contributed by atoms with van der Waals surface area (Å²) in [6.07, 6.45) is 4.49. The summed E-state index contributed by atoms with van der Waals surface area (Å²) >= 11 is 0. The summed E-state index contributed by atoms with van der Waals surface area (Å²) in [5.74, 6) is -0.896. The Morgan fingerprint density at radius 3 is 2.42 bits per heavy atom. The van der Waals surface area contributed by atoms with E-state index in [4.69, 9.17) is 4.74 Å². The van der Waals surface area contributed by atoms with Gasteiger partial charge in [-0.05, 0) is 37.2 Å². The maximum Gasteiger partial charge on any atom is 0.408 e. The lowest BCUT2D eigenvalue weighted by Gasteiger charge is -2.33. The molecule has 1 unspecified atom stereocenters. The van der Waals surface area contributed by atoms with Crippen molar-refractivity contribution in [3.05, 3.63) is 35.9 Å². The second-order valence-electron chi connectivity index (χ2n) is 9.46. The molecule has 1 heterocycles. The highest BCUT2D eigenvalue weighted by atomic mass is 16.5. The van der Waals surface area contributed by atoms with Crippen molar-refractivity contribution < 1.29 is 24.2 Å². The van der Waals surface area contributed by atoms with Crippen molar-refractivity contribution in [3.63, 3.8) is 0 Å². The molecule has 1 aromatic rings. The highest BCUT2D eigenvalue weighted by molar-refractivity contribution is 5.88. The van der Waals surface area contributed by atoms with Crippen molar-refractivity contribution in [2.45, 2.75) is 89.6 Å². The lowest BCUT2D eigenvalue weighted by Crippen LogP contribution is -2.57. The number of hydrogen-bond acceptors (Lipinski definition) is 5. The number of amides is 3. The topological polar surface area (TPSA) is 108 Å². The van der Waals surface area contributed by atoms with Crippen LogP contribution >= 0.6 is 0 Å². The molecule has 1 aliphatic carbocycles. The highest BCUT2D eigenvalue weighted by Crippen LogP contribution is 2.24. The minimum atomic E-state index is -1.28. The number of carbonyl (C=O) groups excluding carboxylic acids is 3. The SMILES string of the molecule is CC(C)[C@H](NC(=O)OCc1ccccc1)C(=O)N1CCC[C@H]1C(O)C(=O)NC1CCCCC1. The van der Waals surface area contributed by atoms with E-state index in [1.807, 2.05) is 44.2 Å². The van der Waals surface area contributed by atoms with Gasteiger partial charge in [0.05, 0.1) is 6.04 Å². The van der Waals surface area contributed by atoms with E-state index in [0.29, 0.717) is 19.4 Å². The first kappa shape index (κ1) is 25.0. The third-order valence-corrected chi connectivity index (χ3v) is 6.59. The Labute approximate surface area is 196 Å². The van der Waals surface area contributed by atoms with Crippen molar-refractivity contribution in [2.24, 2.45) is 5.92 Å². The first-order valence-electron chi connectivity index (χ1n) is 12.1. The fraction of sp³-hybridized carbons (Fsp3) is 0.640. The number of likely N-dealkylation sites (tertiary alicyclic amines) is 1. The van der Waals surface area contributed by atoms with Crippen LogP contribution in [0.4, 0.5) is 4.79 Å². The van der Waals surface area contributed by atoms with Gasteiger partial charge < -0.3 is 25.4 Å². The van der Waals surface area contributed by atoms with Crippen LogP contribution in [0.25, 0.3) is 0 Å². The summed E-state index contributed by atoms with van der Waals surface area (Å²) in [5, 5.41) is 16.4.